The number of halogens is 2. The zero-order valence-corrected chi connectivity index (χ0v) is 13.3. The van der Waals surface area contributed by atoms with Crippen LogP contribution in [0, 0.1) is 0 Å². The molecule has 0 atom stereocenters. The molecule has 0 N–H and O–H groups in total. The molecule has 0 bridgehead atoms. The second kappa shape index (κ2) is 7.30. The van der Waals surface area contributed by atoms with Crippen LogP contribution in [0.5, 0.6) is 11.5 Å². The van der Waals surface area contributed by atoms with Crippen LogP contribution in [-0.2, 0) is 6.42 Å². The Balaban J connectivity index is 1.93. The summed E-state index contributed by atoms with van der Waals surface area (Å²) in [5, 5.41) is 2.26. The van der Waals surface area contributed by atoms with Crippen LogP contribution in [0.25, 0.3) is 10.8 Å². The fourth-order valence-electron chi connectivity index (χ4n) is 2.80. The summed E-state index contributed by atoms with van der Waals surface area (Å²) in [4.78, 5) is 0. The van der Waals surface area contributed by atoms with Gasteiger partial charge in [-0.2, -0.15) is 0 Å². The van der Waals surface area contributed by atoms with E-state index in [2.05, 4.69) is 12.1 Å². The lowest BCUT2D eigenvalue weighted by atomic mass is 9.97. The molecule has 0 aliphatic rings. The van der Waals surface area contributed by atoms with Crippen LogP contribution in [0.1, 0.15) is 11.1 Å². The normalized spacial score (nSPS) is 11.0. The van der Waals surface area contributed by atoms with Crippen molar-refractivity contribution in [1.29, 1.82) is 0 Å². The maximum atomic E-state index is 12.3. The third-order valence-corrected chi connectivity index (χ3v) is 3.87. The number of benzene rings is 3. The summed E-state index contributed by atoms with van der Waals surface area (Å²) in [6.07, 6.45) is -1.84. The van der Waals surface area contributed by atoms with E-state index in [4.69, 9.17) is 9.47 Å². The molecule has 24 heavy (non-hydrogen) atoms. The maximum Gasteiger partial charge on any atom is 0.272 e. The van der Waals surface area contributed by atoms with Gasteiger partial charge in [0.05, 0.1) is 7.11 Å². The van der Waals surface area contributed by atoms with Gasteiger partial charge in [0.25, 0.3) is 6.43 Å². The number of alkyl halides is 2. The first-order chi connectivity index (χ1) is 11.7. The summed E-state index contributed by atoms with van der Waals surface area (Å²) in [5.41, 5.74) is 2.05. The molecular weight excluding hydrogens is 310 g/mol. The van der Waals surface area contributed by atoms with Gasteiger partial charge in [-0.1, -0.05) is 42.5 Å². The topological polar surface area (TPSA) is 18.5 Å². The molecular formula is C20H18F2O2. The Morgan fingerprint density at radius 1 is 0.958 bits per heavy atom. The Morgan fingerprint density at radius 3 is 2.58 bits per heavy atom. The molecule has 0 fully saturated rings. The molecule has 0 saturated heterocycles. The maximum absolute atomic E-state index is 12.3. The van der Waals surface area contributed by atoms with Gasteiger partial charge in [0.2, 0.25) is 0 Å². The van der Waals surface area contributed by atoms with E-state index in [0.717, 1.165) is 27.6 Å². The Bertz CT molecular complexity index is 831. The first-order valence-corrected chi connectivity index (χ1v) is 7.72. The molecule has 2 nitrogen and oxygen atoms in total. The summed E-state index contributed by atoms with van der Waals surface area (Å²) in [7, 11) is 1.65. The van der Waals surface area contributed by atoms with E-state index in [1.165, 1.54) is 0 Å². The van der Waals surface area contributed by atoms with E-state index in [1.54, 1.807) is 19.2 Å². The van der Waals surface area contributed by atoms with E-state index < -0.39 is 13.0 Å². The molecule has 3 rings (SSSR count). The van der Waals surface area contributed by atoms with Crippen LogP contribution < -0.4 is 9.47 Å². The van der Waals surface area contributed by atoms with E-state index >= 15 is 0 Å². The van der Waals surface area contributed by atoms with Crippen molar-refractivity contribution >= 4 is 10.8 Å². The minimum Gasteiger partial charge on any atom is -0.496 e. The molecule has 0 radical (unpaired) electrons. The molecule has 0 aliphatic carbocycles. The highest BCUT2D eigenvalue weighted by Gasteiger charge is 2.10. The van der Waals surface area contributed by atoms with E-state index in [9.17, 15) is 8.78 Å². The highest BCUT2D eigenvalue weighted by molar-refractivity contribution is 5.88. The van der Waals surface area contributed by atoms with Crippen LogP contribution in [0.4, 0.5) is 8.78 Å². The summed E-state index contributed by atoms with van der Waals surface area (Å²) in [6, 6.07) is 19.3. The molecule has 124 valence electrons. The molecule has 4 heteroatoms. The number of methoxy groups -OCH3 is 1. The van der Waals surface area contributed by atoms with Crippen molar-refractivity contribution < 1.29 is 18.3 Å². The van der Waals surface area contributed by atoms with Gasteiger partial charge < -0.3 is 9.47 Å². The Hall–Kier alpha value is -2.62. The largest absolute Gasteiger partial charge is 0.496 e. The van der Waals surface area contributed by atoms with Crippen LogP contribution >= 0.6 is 0 Å². The zero-order chi connectivity index (χ0) is 16.9. The molecule has 0 amide bonds. The second-order valence-electron chi connectivity index (χ2n) is 5.49. The zero-order valence-electron chi connectivity index (χ0n) is 13.3. The molecule has 0 heterocycles. The van der Waals surface area contributed by atoms with Gasteiger partial charge >= 0.3 is 0 Å². The highest BCUT2D eigenvalue weighted by Crippen LogP contribution is 2.30. The standard InChI is InChI=1S/C20H18F2O2/c1-23-19-10-9-15-6-2-3-8-17(15)18(19)12-14-5-4-7-16(11-14)24-13-20(21)22/h2-11,20H,12-13H2,1H3. The first-order valence-electron chi connectivity index (χ1n) is 7.72. The predicted octanol–water partition coefficient (Wildman–Crippen LogP) is 5.08. The van der Waals surface area contributed by atoms with Crippen molar-refractivity contribution in [2.24, 2.45) is 0 Å². The molecule has 0 aromatic heterocycles. The number of rotatable bonds is 6. The fourth-order valence-corrected chi connectivity index (χ4v) is 2.80. The second-order valence-corrected chi connectivity index (χ2v) is 5.49. The predicted molar refractivity (Wildman–Crippen MR) is 91.2 cm³/mol. The number of hydrogen-bond donors (Lipinski definition) is 0. The smallest absolute Gasteiger partial charge is 0.272 e. The van der Waals surface area contributed by atoms with E-state index in [1.807, 2.05) is 36.4 Å². The van der Waals surface area contributed by atoms with Crippen molar-refractivity contribution in [3.05, 3.63) is 71.8 Å². The van der Waals surface area contributed by atoms with Crippen molar-refractivity contribution in [3.8, 4) is 11.5 Å². The van der Waals surface area contributed by atoms with Crippen LogP contribution in [-0.4, -0.2) is 20.1 Å². The average Bonchev–Trinajstić information content (AvgIpc) is 2.60. The third-order valence-electron chi connectivity index (χ3n) is 3.87. The van der Waals surface area contributed by atoms with Crippen LogP contribution in [0.15, 0.2) is 60.7 Å². The summed E-state index contributed by atoms with van der Waals surface area (Å²) < 4.78 is 35.2. The SMILES string of the molecule is COc1ccc2ccccc2c1Cc1cccc(OCC(F)F)c1. The molecule has 0 spiro atoms. The van der Waals surface area contributed by atoms with Crippen molar-refractivity contribution in [2.45, 2.75) is 12.8 Å². The number of ether oxygens (including phenoxy) is 2. The molecule has 0 saturated carbocycles. The van der Waals surface area contributed by atoms with Crippen molar-refractivity contribution in [2.75, 3.05) is 13.7 Å². The fraction of sp³-hybridized carbons (Fsp3) is 0.200. The van der Waals surface area contributed by atoms with Gasteiger partial charge in [-0.15, -0.1) is 0 Å². The number of hydrogen-bond acceptors (Lipinski definition) is 2. The first kappa shape index (κ1) is 16.2. The quantitative estimate of drug-likeness (QED) is 0.628. The Labute approximate surface area is 139 Å². The minimum absolute atomic E-state index is 0.451. The minimum atomic E-state index is -2.48. The van der Waals surface area contributed by atoms with Gasteiger partial charge in [-0.3, -0.25) is 0 Å². The summed E-state index contributed by atoms with van der Waals surface area (Å²) >= 11 is 0. The van der Waals surface area contributed by atoms with Gasteiger partial charge in [0.1, 0.15) is 18.1 Å². The Kier molecular flexibility index (Phi) is 4.94. The van der Waals surface area contributed by atoms with E-state index in [-0.39, 0.29) is 0 Å². The molecule has 3 aromatic rings. The van der Waals surface area contributed by atoms with Gasteiger partial charge in [-0.25, -0.2) is 8.78 Å². The van der Waals surface area contributed by atoms with Gasteiger partial charge in [0, 0.05) is 12.0 Å². The molecule has 3 aromatic carbocycles. The molecule has 0 aliphatic heterocycles. The van der Waals surface area contributed by atoms with Crippen LogP contribution in [0.2, 0.25) is 0 Å². The molecule has 0 unspecified atom stereocenters. The highest BCUT2D eigenvalue weighted by atomic mass is 19.3. The lowest BCUT2D eigenvalue weighted by Crippen LogP contribution is -2.07. The van der Waals surface area contributed by atoms with Gasteiger partial charge in [0.15, 0.2) is 0 Å². The Morgan fingerprint density at radius 2 is 1.79 bits per heavy atom. The lowest BCUT2D eigenvalue weighted by molar-refractivity contribution is 0.0819. The third kappa shape index (κ3) is 3.65. The van der Waals surface area contributed by atoms with Crippen molar-refractivity contribution in [1.82, 2.24) is 0 Å². The number of fused-ring (bicyclic) bond motifs is 1. The van der Waals surface area contributed by atoms with Gasteiger partial charge in [-0.05, 0) is 34.5 Å². The summed E-state index contributed by atoms with van der Waals surface area (Å²) in [6.45, 7) is -0.596. The van der Waals surface area contributed by atoms with Crippen molar-refractivity contribution in [3.63, 3.8) is 0 Å². The average molecular weight is 328 g/mol. The lowest BCUT2D eigenvalue weighted by Gasteiger charge is -2.13. The monoisotopic (exact) mass is 328 g/mol. The van der Waals surface area contributed by atoms with Crippen LogP contribution in [0.3, 0.4) is 0 Å². The summed E-state index contributed by atoms with van der Waals surface area (Å²) in [5.74, 6) is 1.26. The van der Waals surface area contributed by atoms with E-state index in [0.29, 0.717) is 12.2 Å².